The van der Waals surface area contributed by atoms with Crippen LogP contribution in [0.15, 0.2) is 34.2 Å². The highest BCUT2D eigenvalue weighted by atomic mass is 127. The Bertz CT molecular complexity index is 703. The summed E-state index contributed by atoms with van der Waals surface area (Å²) < 4.78 is 26.3. The molecule has 0 bridgehead atoms. The third-order valence-electron chi connectivity index (χ3n) is 4.57. The van der Waals surface area contributed by atoms with Crippen LogP contribution in [0.25, 0.3) is 0 Å². The maximum Gasteiger partial charge on any atom is 0.243 e. The number of nitrogens with zero attached hydrogens (tertiary/aromatic N) is 2. The number of halogens is 1. The normalized spacial score (nSPS) is 13.7. The van der Waals surface area contributed by atoms with Crippen LogP contribution in [0.5, 0.6) is 0 Å². The second-order valence-electron chi connectivity index (χ2n) is 7.83. The first-order chi connectivity index (χ1) is 12.5. The first-order valence-electron chi connectivity index (χ1n) is 9.67. The summed E-state index contributed by atoms with van der Waals surface area (Å²) in [6.45, 7) is 10.7. The predicted octanol–water partition coefficient (Wildman–Crippen LogP) is 3.95. The van der Waals surface area contributed by atoms with Gasteiger partial charge in [0.05, 0.1) is 11.4 Å². The van der Waals surface area contributed by atoms with Gasteiger partial charge in [-0.25, -0.2) is 13.4 Å². The van der Waals surface area contributed by atoms with Gasteiger partial charge in [-0.05, 0) is 50.8 Å². The van der Waals surface area contributed by atoms with Crippen LogP contribution in [0.3, 0.4) is 0 Å². The second kappa shape index (κ2) is 12.6. The van der Waals surface area contributed by atoms with Crippen molar-refractivity contribution in [2.24, 2.45) is 16.6 Å². The maximum absolute atomic E-state index is 12.5. The number of hydrogen-bond acceptors (Lipinski definition) is 3. The molecule has 0 aromatic heterocycles. The standard InChI is InChI=1S/C20H36N4O2S.HI/c1-15(2)8-7-9-17(5)23-20(21)22-14-18-10-12-19(13-11-18)27(25,26)24(6)16(3)4;/h10-13,15-17H,7-9,14H2,1-6H3,(H3,21,22,23);1H. The van der Waals surface area contributed by atoms with Crippen molar-refractivity contribution in [2.75, 3.05) is 7.05 Å². The number of guanidine groups is 1. The molecule has 162 valence electrons. The molecule has 3 N–H and O–H groups in total. The average molecular weight is 525 g/mol. The number of rotatable bonds is 10. The molecule has 1 unspecified atom stereocenters. The number of nitrogens with two attached hydrogens (primary N) is 1. The number of nitrogens with one attached hydrogen (secondary N) is 1. The van der Waals surface area contributed by atoms with E-state index in [-0.39, 0.29) is 41.0 Å². The number of hydrogen-bond donors (Lipinski definition) is 2. The molecule has 0 aliphatic heterocycles. The van der Waals surface area contributed by atoms with E-state index in [0.29, 0.717) is 12.5 Å². The Kier molecular flexibility index (Phi) is 12.2. The monoisotopic (exact) mass is 524 g/mol. The van der Waals surface area contributed by atoms with Crippen molar-refractivity contribution >= 4 is 40.0 Å². The van der Waals surface area contributed by atoms with E-state index >= 15 is 0 Å². The molecule has 1 aromatic carbocycles. The molecule has 0 saturated carbocycles. The Hall–Kier alpha value is -0.870. The van der Waals surface area contributed by atoms with Crippen LogP contribution in [-0.2, 0) is 16.6 Å². The summed E-state index contributed by atoms with van der Waals surface area (Å²) in [4.78, 5) is 4.64. The number of aliphatic imine (C=N–C) groups is 1. The Labute approximate surface area is 188 Å². The van der Waals surface area contributed by atoms with E-state index in [4.69, 9.17) is 5.73 Å². The van der Waals surface area contributed by atoms with Crippen molar-refractivity contribution in [1.29, 1.82) is 0 Å². The fourth-order valence-corrected chi connectivity index (χ4v) is 3.96. The Morgan fingerprint density at radius 3 is 2.18 bits per heavy atom. The molecular weight excluding hydrogens is 487 g/mol. The summed E-state index contributed by atoms with van der Waals surface area (Å²) in [5, 5.41) is 3.21. The maximum atomic E-state index is 12.5. The average Bonchev–Trinajstić information content (AvgIpc) is 2.59. The highest BCUT2D eigenvalue weighted by Crippen LogP contribution is 2.17. The lowest BCUT2D eigenvalue weighted by Crippen LogP contribution is -2.38. The fraction of sp³-hybridized carbons (Fsp3) is 0.650. The molecule has 8 heteroatoms. The summed E-state index contributed by atoms with van der Waals surface area (Å²) in [5.41, 5.74) is 6.88. The summed E-state index contributed by atoms with van der Waals surface area (Å²) in [5.74, 6) is 1.14. The zero-order chi connectivity index (χ0) is 20.6. The van der Waals surface area contributed by atoms with E-state index in [9.17, 15) is 8.42 Å². The summed E-state index contributed by atoms with van der Waals surface area (Å²) in [7, 11) is -1.87. The third-order valence-corrected chi connectivity index (χ3v) is 6.62. The van der Waals surface area contributed by atoms with Crippen LogP contribution in [0.1, 0.15) is 59.4 Å². The summed E-state index contributed by atoms with van der Waals surface area (Å²) in [6.07, 6.45) is 3.44. The van der Waals surface area contributed by atoms with Crippen LogP contribution >= 0.6 is 24.0 Å². The number of benzene rings is 1. The molecule has 28 heavy (non-hydrogen) atoms. The van der Waals surface area contributed by atoms with Gasteiger partial charge < -0.3 is 11.1 Å². The summed E-state index contributed by atoms with van der Waals surface area (Å²) >= 11 is 0. The van der Waals surface area contributed by atoms with Crippen LogP contribution < -0.4 is 11.1 Å². The van der Waals surface area contributed by atoms with Crippen molar-refractivity contribution in [3.63, 3.8) is 0 Å². The predicted molar refractivity (Wildman–Crippen MR) is 129 cm³/mol. The van der Waals surface area contributed by atoms with Gasteiger partial charge in [0.2, 0.25) is 10.0 Å². The minimum Gasteiger partial charge on any atom is -0.370 e. The van der Waals surface area contributed by atoms with Crippen molar-refractivity contribution < 1.29 is 8.42 Å². The van der Waals surface area contributed by atoms with E-state index in [0.717, 1.165) is 17.9 Å². The lowest BCUT2D eigenvalue weighted by Gasteiger charge is -2.21. The molecular formula is C20H37IN4O2S. The first-order valence-corrected chi connectivity index (χ1v) is 11.1. The van der Waals surface area contributed by atoms with Crippen molar-refractivity contribution in [3.8, 4) is 0 Å². The van der Waals surface area contributed by atoms with Crippen LogP contribution in [0, 0.1) is 5.92 Å². The number of sulfonamides is 1. The molecule has 0 aliphatic rings. The minimum atomic E-state index is -3.46. The van der Waals surface area contributed by atoms with Crippen molar-refractivity contribution in [3.05, 3.63) is 29.8 Å². The topological polar surface area (TPSA) is 87.8 Å². The molecule has 1 atom stereocenters. The Morgan fingerprint density at radius 2 is 1.68 bits per heavy atom. The van der Waals surface area contributed by atoms with Crippen LogP contribution in [0.2, 0.25) is 0 Å². The van der Waals surface area contributed by atoms with Gasteiger partial charge in [0.25, 0.3) is 0 Å². The molecule has 0 aliphatic carbocycles. The van der Waals surface area contributed by atoms with Crippen LogP contribution in [0.4, 0.5) is 0 Å². The van der Waals surface area contributed by atoms with Gasteiger partial charge in [0.15, 0.2) is 5.96 Å². The highest BCUT2D eigenvalue weighted by molar-refractivity contribution is 14.0. The molecule has 0 fully saturated rings. The lowest BCUT2D eigenvalue weighted by atomic mass is 10.0. The van der Waals surface area contributed by atoms with E-state index in [2.05, 4.69) is 31.1 Å². The van der Waals surface area contributed by atoms with Crippen molar-refractivity contribution in [1.82, 2.24) is 9.62 Å². The van der Waals surface area contributed by atoms with E-state index < -0.39 is 10.0 Å². The third kappa shape index (κ3) is 9.09. The SMILES string of the molecule is CC(C)CCCC(C)NC(N)=NCc1ccc(S(=O)(=O)N(C)C(C)C)cc1.I. The van der Waals surface area contributed by atoms with Gasteiger partial charge in [0.1, 0.15) is 0 Å². The van der Waals surface area contributed by atoms with E-state index in [1.807, 2.05) is 13.8 Å². The molecule has 6 nitrogen and oxygen atoms in total. The van der Waals surface area contributed by atoms with Gasteiger partial charge in [-0.2, -0.15) is 4.31 Å². The molecule has 1 aromatic rings. The largest absolute Gasteiger partial charge is 0.370 e. The van der Waals surface area contributed by atoms with Gasteiger partial charge >= 0.3 is 0 Å². The fourth-order valence-electron chi connectivity index (χ4n) is 2.59. The van der Waals surface area contributed by atoms with Crippen LogP contribution in [-0.4, -0.2) is 37.8 Å². The molecule has 0 spiro atoms. The molecule has 0 saturated heterocycles. The van der Waals surface area contributed by atoms with Gasteiger partial charge in [-0.15, -0.1) is 24.0 Å². The lowest BCUT2D eigenvalue weighted by molar-refractivity contribution is 0.410. The Balaban J connectivity index is 0.00000729. The van der Waals surface area contributed by atoms with Gasteiger partial charge in [0, 0.05) is 19.1 Å². The molecule has 0 radical (unpaired) electrons. The quantitative estimate of drug-likeness (QED) is 0.276. The zero-order valence-corrected chi connectivity index (χ0v) is 21.1. The smallest absolute Gasteiger partial charge is 0.243 e. The first kappa shape index (κ1) is 27.1. The molecule has 0 heterocycles. The Morgan fingerprint density at radius 1 is 1.11 bits per heavy atom. The zero-order valence-electron chi connectivity index (χ0n) is 18.0. The minimum absolute atomic E-state index is 0. The van der Waals surface area contributed by atoms with E-state index in [1.165, 1.54) is 17.1 Å². The second-order valence-corrected chi connectivity index (χ2v) is 9.83. The summed E-state index contributed by atoms with van der Waals surface area (Å²) in [6, 6.07) is 7.00. The van der Waals surface area contributed by atoms with Gasteiger partial charge in [-0.1, -0.05) is 38.8 Å². The molecule has 1 rings (SSSR count). The van der Waals surface area contributed by atoms with E-state index in [1.54, 1.807) is 31.3 Å². The molecule has 0 amide bonds. The highest BCUT2D eigenvalue weighted by Gasteiger charge is 2.22. The van der Waals surface area contributed by atoms with Crippen molar-refractivity contribution in [2.45, 2.75) is 77.4 Å². The van der Waals surface area contributed by atoms with Gasteiger partial charge in [-0.3, -0.25) is 0 Å².